The second-order valence-electron chi connectivity index (χ2n) is 26.5. The van der Waals surface area contributed by atoms with Crippen molar-refractivity contribution in [3.8, 4) is 0 Å². The van der Waals surface area contributed by atoms with Gasteiger partial charge in [0.15, 0.2) is 0 Å². The molecule has 0 spiro atoms. The minimum Gasteiger partial charge on any atom is -0.480 e. The maximum absolute atomic E-state index is 14.2. The first-order valence-corrected chi connectivity index (χ1v) is 41.4. The van der Waals surface area contributed by atoms with Crippen LogP contribution in [0.2, 0.25) is 0 Å². The summed E-state index contributed by atoms with van der Waals surface area (Å²) in [6.45, 7) is 11.7. The summed E-state index contributed by atoms with van der Waals surface area (Å²) in [7, 11) is 3.23. The number of nitrogens with one attached hydrogen (secondary N) is 8. The van der Waals surface area contributed by atoms with Crippen molar-refractivity contribution in [3.05, 3.63) is 24.3 Å². The molecule has 2 heterocycles. The number of nitrogens with zero attached hydrogens (tertiary/aromatic N) is 2. The molecule has 0 bridgehead atoms. The van der Waals surface area contributed by atoms with Crippen molar-refractivity contribution in [2.45, 2.75) is 88.4 Å². The topological polar surface area (TPSA) is 567 Å². The average molecular weight is 1790 g/mol. The predicted molar refractivity (Wildman–Crippen MR) is 431 cm³/mol. The number of rotatable bonds is 89. The van der Waals surface area contributed by atoms with E-state index in [0.717, 1.165) is 24.3 Å². The predicted octanol–water partition coefficient (Wildman–Crippen LogP) is -5.10. The van der Waals surface area contributed by atoms with Crippen LogP contribution in [0.15, 0.2) is 24.3 Å². The fourth-order valence-electron chi connectivity index (χ4n) is 10.6. The van der Waals surface area contributed by atoms with Gasteiger partial charge in [0.2, 0.25) is 47.3 Å². The number of hydrogen-bond acceptors (Lipinski definition) is 34. The molecule has 0 saturated carbocycles. The van der Waals surface area contributed by atoms with Gasteiger partial charge < -0.3 is 147 Å². The van der Waals surface area contributed by atoms with Gasteiger partial charge in [-0.3, -0.25) is 76.9 Å². The van der Waals surface area contributed by atoms with Gasteiger partial charge in [-0.15, -0.1) is 0 Å². The summed E-state index contributed by atoms with van der Waals surface area (Å²) in [5, 5.41) is 38.1. The van der Waals surface area contributed by atoms with Gasteiger partial charge in [0.1, 0.15) is 50.5 Å². The summed E-state index contributed by atoms with van der Waals surface area (Å²) in [5.41, 5.74) is 0. The molecule has 0 fully saturated rings. The zero-order chi connectivity index (χ0) is 90.4. The summed E-state index contributed by atoms with van der Waals surface area (Å²) < 4.78 is 108. The molecule has 0 aromatic rings. The molecule has 124 heavy (non-hydrogen) atoms. The number of carbonyl (C=O) groups excluding carboxylic acids is 12. The summed E-state index contributed by atoms with van der Waals surface area (Å²) in [5.74, 6) is -13.6. The minimum atomic E-state index is -2.22. The SMILES string of the molecule is COCCOCCOCCOCCOCCOCCOCCOCCOCCOCC(=O)NCCCC[C@H](NC(=O)CCCNC(=O)[C@H]([C@@H](C(=O)NCCCC(=O)N[C@@H](CCCCNC(=O)COCCOCCOCCOCCOCCOCCOCCOCCOCCOC)C(=O)NCC(=O)O)N1C(=O)C=CC1=O)N1C(=O)C=CC1=O)C(=O)NCC(=O)O. The number of carbonyl (C=O) groups is 14. The van der Waals surface area contributed by atoms with Crippen LogP contribution in [0, 0.1) is 0 Å². The van der Waals surface area contributed by atoms with E-state index >= 15 is 0 Å². The quantitative estimate of drug-likeness (QED) is 0.0201. The van der Waals surface area contributed by atoms with Crippen LogP contribution in [-0.2, 0) is 162 Å². The molecule has 46 heteroatoms. The van der Waals surface area contributed by atoms with Gasteiger partial charge in [-0.1, -0.05) is 0 Å². The van der Waals surface area contributed by atoms with Gasteiger partial charge in [-0.05, 0) is 51.4 Å². The second kappa shape index (κ2) is 78.2. The molecule has 2 rings (SSSR count). The molecule has 2 aliphatic rings. The molecule has 710 valence electrons. The third kappa shape index (κ3) is 61.1. The van der Waals surface area contributed by atoms with Crippen molar-refractivity contribution in [2.24, 2.45) is 0 Å². The number of carboxylic acids is 2. The highest BCUT2D eigenvalue weighted by Crippen LogP contribution is 2.22. The molecule has 46 nitrogen and oxygen atoms in total. The standard InChI is InChI=1S/C78H132N10O36/c1-105-21-23-107-25-27-109-29-31-111-33-35-113-37-39-115-41-43-117-45-47-119-49-51-121-53-55-123-59-65(91)79-17-5-3-9-61(75(101)83-57-71(97)98)85-63(89)11-7-19-81-77(103)73(87-67(93)13-14-68(87)94)74(88-69(95)15-16-70(88)96)78(104)82-20-8-12-64(90)86-62(76(102)84-58-72(99)100)10-4-6-18-80-66(92)60-124-56-54-122-52-50-120-48-46-118-44-42-116-40-38-114-36-34-112-32-30-110-28-26-108-24-22-106-2/h13-16,61-62,73-74H,3-12,17-60H2,1-2H3,(H,79,91)(H,80,92)(H,81,103)(H,82,104)(H,83,101)(H,84,102)(H,85,89)(H,86,90)(H,97,98)(H,99,100)/t61-,62-,73-,74-/m0/s1. The van der Waals surface area contributed by atoms with E-state index in [1.165, 1.54) is 0 Å². The Bertz CT molecular complexity index is 2810. The van der Waals surface area contributed by atoms with E-state index in [1.54, 1.807) is 14.2 Å². The van der Waals surface area contributed by atoms with Crippen LogP contribution in [0.1, 0.15) is 64.2 Å². The minimum absolute atomic E-state index is 0.00401. The van der Waals surface area contributed by atoms with Crippen molar-refractivity contribution in [1.82, 2.24) is 52.3 Å². The molecule has 4 atom stereocenters. The zero-order valence-electron chi connectivity index (χ0n) is 71.5. The van der Waals surface area contributed by atoms with E-state index in [2.05, 4.69) is 42.5 Å². The molecule has 12 amide bonds. The lowest BCUT2D eigenvalue weighted by atomic mass is 10.0. The van der Waals surface area contributed by atoms with Crippen LogP contribution in [0.4, 0.5) is 0 Å². The maximum atomic E-state index is 14.2. The van der Waals surface area contributed by atoms with Gasteiger partial charge >= 0.3 is 11.9 Å². The van der Waals surface area contributed by atoms with Crippen molar-refractivity contribution >= 4 is 82.8 Å². The Morgan fingerprint density at radius 3 is 0.718 bits per heavy atom. The van der Waals surface area contributed by atoms with Gasteiger partial charge in [0.05, 0.1) is 238 Å². The smallest absolute Gasteiger partial charge is 0.322 e. The summed E-state index contributed by atoms with van der Waals surface area (Å²) in [6.07, 6.45) is 3.18. The first kappa shape index (κ1) is 112. The highest BCUT2D eigenvalue weighted by atomic mass is 16.6. The molecule has 0 aromatic heterocycles. The maximum Gasteiger partial charge on any atom is 0.322 e. The highest BCUT2D eigenvalue weighted by molar-refractivity contribution is 6.19. The lowest BCUT2D eigenvalue weighted by molar-refractivity contribution is -0.156. The first-order chi connectivity index (χ1) is 60.3. The average Bonchev–Trinajstić information content (AvgIpc) is 1.59. The van der Waals surface area contributed by atoms with Gasteiger partial charge in [-0.25, -0.2) is 0 Å². The molecule has 0 aromatic carbocycles. The molecule has 0 saturated heterocycles. The molecular weight excluding hydrogens is 1650 g/mol. The third-order valence-corrected chi connectivity index (χ3v) is 16.7. The second-order valence-corrected chi connectivity index (χ2v) is 26.5. The van der Waals surface area contributed by atoms with E-state index in [0.29, 0.717) is 221 Å². The van der Waals surface area contributed by atoms with Crippen LogP contribution >= 0.6 is 0 Å². The third-order valence-electron chi connectivity index (χ3n) is 16.7. The lowest BCUT2D eigenvalue weighted by Gasteiger charge is -2.35. The van der Waals surface area contributed by atoms with Gasteiger partial charge in [0, 0.05) is 77.5 Å². The summed E-state index contributed by atoms with van der Waals surface area (Å²) >= 11 is 0. The summed E-state index contributed by atoms with van der Waals surface area (Å²) in [6, 6.07) is -6.93. The van der Waals surface area contributed by atoms with Crippen LogP contribution in [0.3, 0.4) is 0 Å². The number of unbranched alkanes of at least 4 members (excludes halogenated alkanes) is 2. The van der Waals surface area contributed by atoms with E-state index < -0.39 is 133 Å². The monoisotopic (exact) mass is 1780 g/mol. The molecule has 0 aliphatic carbocycles. The Morgan fingerprint density at radius 2 is 0.492 bits per heavy atom. The Labute approximate surface area is 721 Å². The van der Waals surface area contributed by atoms with Crippen molar-refractivity contribution < 1.29 is 172 Å². The number of methoxy groups -OCH3 is 2. The van der Waals surface area contributed by atoms with E-state index in [9.17, 15) is 77.3 Å². The Kier molecular flexibility index (Phi) is 70.4. The van der Waals surface area contributed by atoms with Gasteiger partial charge in [-0.2, -0.15) is 0 Å². The fourth-order valence-corrected chi connectivity index (χ4v) is 10.6. The Morgan fingerprint density at radius 1 is 0.274 bits per heavy atom. The van der Waals surface area contributed by atoms with Crippen molar-refractivity contribution in [1.29, 1.82) is 0 Å². The van der Waals surface area contributed by atoms with Crippen LogP contribution in [0.25, 0.3) is 0 Å². The molecular formula is C78H132N10O36. The van der Waals surface area contributed by atoms with Crippen LogP contribution in [0.5, 0.6) is 0 Å². The molecule has 0 unspecified atom stereocenters. The van der Waals surface area contributed by atoms with Crippen LogP contribution < -0.4 is 42.5 Å². The summed E-state index contributed by atoms with van der Waals surface area (Å²) in [4.78, 5) is 182. The van der Waals surface area contributed by atoms with E-state index in [1.807, 2.05) is 0 Å². The number of amides is 12. The van der Waals surface area contributed by atoms with Crippen molar-refractivity contribution in [3.63, 3.8) is 0 Å². The van der Waals surface area contributed by atoms with E-state index in [4.69, 9.17) is 94.7 Å². The molecule has 0 radical (unpaired) electrons. The Balaban J connectivity index is 1.71. The number of imide groups is 2. The largest absolute Gasteiger partial charge is 0.480 e. The fraction of sp³-hybridized carbons (Fsp3) is 0.769. The number of hydrogen-bond donors (Lipinski definition) is 10. The number of carboxylic acid groups (broad SMARTS) is 2. The first-order valence-electron chi connectivity index (χ1n) is 41.4. The van der Waals surface area contributed by atoms with Crippen molar-refractivity contribution in [2.75, 3.05) is 305 Å². The lowest BCUT2D eigenvalue weighted by Crippen LogP contribution is -2.66. The number of ether oxygens (including phenoxy) is 20. The highest BCUT2D eigenvalue weighted by Gasteiger charge is 2.50. The normalized spacial score (nSPS) is 13.4. The Hall–Kier alpha value is -8.34. The van der Waals surface area contributed by atoms with E-state index in [-0.39, 0.29) is 117 Å². The molecule has 2 aliphatic heterocycles. The zero-order valence-corrected chi connectivity index (χ0v) is 71.5. The van der Waals surface area contributed by atoms with Crippen LogP contribution in [-0.4, -0.2) is 432 Å². The van der Waals surface area contributed by atoms with Gasteiger partial charge in [0.25, 0.3) is 23.6 Å². The molecule has 10 N–H and O–H groups in total. The number of aliphatic carboxylic acids is 2.